The number of rotatable bonds is 5. The predicted octanol–water partition coefficient (Wildman–Crippen LogP) is 3.92. The number of carbonyl (C=O) groups excluding carboxylic acids is 2. The smallest absolute Gasteiger partial charge is 0.338 e. The van der Waals surface area contributed by atoms with Gasteiger partial charge in [0.15, 0.2) is 0 Å². The number of ether oxygens (including phenoxy) is 1. The van der Waals surface area contributed by atoms with E-state index >= 15 is 0 Å². The highest BCUT2D eigenvalue weighted by molar-refractivity contribution is 5.95. The van der Waals surface area contributed by atoms with Crippen molar-refractivity contribution in [2.24, 2.45) is 5.92 Å². The van der Waals surface area contributed by atoms with E-state index in [4.69, 9.17) is 4.74 Å². The SMILES string of the molecule is CCC1=C(C(=O)OC(C)C2CCCCC2)[C@H](c2cccc(O)c2)NC(=O)N1. The first-order valence-corrected chi connectivity index (χ1v) is 9.80. The van der Waals surface area contributed by atoms with Crippen molar-refractivity contribution in [1.29, 1.82) is 0 Å². The lowest BCUT2D eigenvalue weighted by Gasteiger charge is -2.32. The Hall–Kier alpha value is -2.50. The first-order valence-electron chi connectivity index (χ1n) is 9.80. The zero-order valence-electron chi connectivity index (χ0n) is 16.0. The average Bonchev–Trinajstić information content (AvgIpc) is 2.67. The highest BCUT2D eigenvalue weighted by Gasteiger charge is 2.35. The van der Waals surface area contributed by atoms with Gasteiger partial charge in [0.1, 0.15) is 11.9 Å². The van der Waals surface area contributed by atoms with E-state index in [-0.39, 0.29) is 17.9 Å². The van der Waals surface area contributed by atoms with Crippen LogP contribution in [0.15, 0.2) is 35.5 Å². The molecule has 1 aliphatic carbocycles. The Bertz CT molecular complexity index is 737. The molecular weight excluding hydrogens is 344 g/mol. The zero-order chi connectivity index (χ0) is 19.4. The minimum absolute atomic E-state index is 0.0848. The number of phenolic OH excluding ortho intramolecular Hbond substituents is 1. The molecule has 0 spiro atoms. The van der Waals surface area contributed by atoms with Gasteiger partial charge in [-0.15, -0.1) is 0 Å². The van der Waals surface area contributed by atoms with Crippen molar-refractivity contribution in [3.05, 3.63) is 41.1 Å². The minimum atomic E-state index is -0.646. The first kappa shape index (κ1) is 19.3. The summed E-state index contributed by atoms with van der Waals surface area (Å²) in [5.74, 6) is 0.0612. The fourth-order valence-corrected chi connectivity index (χ4v) is 4.02. The van der Waals surface area contributed by atoms with E-state index in [1.165, 1.54) is 19.3 Å². The third kappa shape index (κ3) is 4.43. The summed E-state index contributed by atoms with van der Waals surface area (Å²) in [6.07, 6.45) is 6.12. The number of esters is 1. The van der Waals surface area contributed by atoms with Crippen LogP contribution in [-0.4, -0.2) is 23.2 Å². The Balaban J connectivity index is 1.87. The maximum Gasteiger partial charge on any atom is 0.338 e. The van der Waals surface area contributed by atoms with Crippen LogP contribution < -0.4 is 10.6 Å². The monoisotopic (exact) mass is 372 g/mol. The van der Waals surface area contributed by atoms with Gasteiger partial charge in [0.25, 0.3) is 0 Å². The number of aromatic hydroxyl groups is 1. The highest BCUT2D eigenvalue weighted by Crippen LogP contribution is 2.33. The summed E-state index contributed by atoms with van der Waals surface area (Å²) in [5.41, 5.74) is 1.62. The van der Waals surface area contributed by atoms with Gasteiger partial charge in [-0.2, -0.15) is 0 Å². The van der Waals surface area contributed by atoms with Crippen molar-refractivity contribution in [2.75, 3.05) is 0 Å². The third-order valence-corrected chi connectivity index (χ3v) is 5.54. The van der Waals surface area contributed by atoms with E-state index in [0.29, 0.717) is 29.2 Å². The minimum Gasteiger partial charge on any atom is -0.508 e. The molecule has 1 aromatic rings. The molecule has 1 heterocycles. The van der Waals surface area contributed by atoms with Crippen molar-refractivity contribution in [3.8, 4) is 5.75 Å². The molecule has 146 valence electrons. The number of nitrogens with one attached hydrogen (secondary N) is 2. The summed E-state index contributed by atoms with van der Waals surface area (Å²) < 4.78 is 5.83. The van der Waals surface area contributed by atoms with Crippen LogP contribution in [0.3, 0.4) is 0 Å². The fourth-order valence-electron chi connectivity index (χ4n) is 4.02. The molecule has 3 N–H and O–H groups in total. The van der Waals surface area contributed by atoms with Crippen LogP contribution in [0, 0.1) is 5.92 Å². The number of phenols is 1. The largest absolute Gasteiger partial charge is 0.508 e. The van der Waals surface area contributed by atoms with E-state index in [9.17, 15) is 14.7 Å². The molecule has 6 heteroatoms. The molecular formula is C21H28N2O4. The van der Waals surface area contributed by atoms with Crippen molar-refractivity contribution >= 4 is 12.0 Å². The Morgan fingerprint density at radius 1 is 1.30 bits per heavy atom. The molecule has 0 aromatic heterocycles. The number of urea groups is 1. The van der Waals surface area contributed by atoms with Crippen LogP contribution in [0.5, 0.6) is 5.75 Å². The lowest BCUT2D eigenvalue weighted by atomic mass is 9.86. The van der Waals surface area contributed by atoms with Crippen LogP contribution in [0.2, 0.25) is 0 Å². The van der Waals surface area contributed by atoms with Gasteiger partial charge in [0, 0.05) is 5.70 Å². The van der Waals surface area contributed by atoms with Gasteiger partial charge in [-0.1, -0.05) is 38.3 Å². The van der Waals surface area contributed by atoms with Crippen LogP contribution in [0.25, 0.3) is 0 Å². The molecule has 6 nitrogen and oxygen atoms in total. The molecule has 2 aliphatic rings. The van der Waals surface area contributed by atoms with Crippen molar-refractivity contribution < 1.29 is 19.4 Å². The molecule has 3 rings (SSSR count). The summed E-state index contributed by atoms with van der Waals surface area (Å²) in [4.78, 5) is 25.1. The Kier molecular flexibility index (Phi) is 6.04. The molecule has 27 heavy (non-hydrogen) atoms. The van der Waals surface area contributed by atoms with Crippen molar-refractivity contribution in [2.45, 2.75) is 64.5 Å². The van der Waals surface area contributed by atoms with Gasteiger partial charge in [-0.05, 0) is 49.8 Å². The van der Waals surface area contributed by atoms with Crippen LogP contribution in [0.1, 0.15) is 64.0 Å². The molecule has 1 unspecified atom stereocenters. The summed E-state index contributed by atoms with van der Waals surface area (Å²) in [6, 6.07) is 5.57. The summed E-state index contributed by atoms with van der Waals surface area (Å²) in [7, 11) is 0. The van der Waals surface area contributed by atoms with E-state index in [0.717, 1.165) is 12.8 Å². The lowest BCUT2D eigenvalue weighted by Crippen LogP contribution is -2.46. The van der Waals surface area contributed by atoms with Gasteiger partial charge < -0.3 is 20.5 Å². The molecule has 0 radical (unpaired) electrons. The molecule has 0 saturated heterocycles. The highest BCUT2D eigenvalue weighted by atomic mass is 16.5. The number of hydrogen-bond donors (Lipinski definition) is 3. The van der Waals surface area contributed by atoms with E-state index in [2.05, 4.69) is 10.6 Å². The second-order valence-electron chi connectivity index (χ2n) is 7.38. The van der Waals surface area contributed by atoms with Crippen LogP contribution >= 0.6 is 0 Å². The Morgan fingerprint density at radius 3 is 2.70 bits per heavy atom. The van der Waals surface area contributed by atoms with Crippen LogP contribution in [-0.2, 0) is 9.53 Å². The second-order valence-corrected chi connectivity index (χ2v) is 7.38. The van der Waals surface area contributed by atoms with Gasteiger partial charge in [0.2, 0.25) is 0 Å². The molecule has 2 amide bonds. The molecule has 1 aliphatic heterocycles. The topological polar surface area (TPSA) is 87.7 Å². The standard InChI is InChI=1S/C21H28N2O4/c1-3-17-18(20(25)27-13(2)14-8-5-4-6-9-14)19(23-21(26)22-17)15-10-7-11-16(24)12-15/h7,10-14,19,24H,3-6,8-9H2,1-2H3,(H2,22,23,26)/t13?,19-/m0/s1. The number of carbonyl (C=O) groups is 2. The van der Waals surface area contributed by atoms with E-state index in [1.807, 2.05) is 13.8 Å². The quantitative estimate of drug-likeness (QED) is 0.684. The maximum absolute atomic E-state index is 13.1. The predicted molar refractivity (Wildman–Crippen MR) is 102 cm³/mol. The molecule has 0 bridgehead atoms. The molecule has 2 atom stereocenters. The first-order chi connectivity index (χ1) is 13.0. The third-order valence-electron chi connectivity index (χ3n) is 5.54. The fraction of sp³-hybridized carbons (Fsp3) is 0.524. The van der Waals surface area contributed by atoms with Gasteiger partial charge >= 0.3 is 12.0 Å². The Labute approximate surface area is 160 Å². The molecule has 1 saturated carbocycles. The zero-order valence-corrected chi connectivity index (χ0v) is 16.0. The Morgan fingerprint density at radius 2 is 2.04 bits per heavy atom. The van der Waals surface area contributed by atoms with Gasteiger partial charge in [-0.3, -0.25) is 0 Å². The average molecular weight is 372 g/mol. The van der Waals surface area contributed by atoms with Crippen molar-refractivity contribution in [3.63, 3.8) is 0 Å². The number of amides is 2. The second kappa shape index (κ2) is 8.46. The maximum atomic E-state index is 13.1. The normalized spacial score (nSPS) is 22.0. The number of hydrogen-bond acceptors (Lipinski definition) is 4. The van der Waals surface area contributed by atoms with E-state index in [1.54, 1.807) is 24.3 Å². The summed E-state index contributed by atoms with van der Waals surface area (Å²) >= 11 is 0. The number of benzene rings is 1. The van der Waals surface area contributed by atoms with Crippen LogP contribution in [0.4, 0.5) is 4.79 Å². The lowest BCUT2D eigenvalue weighted by molar-refractivity contribution is -0.147. The summed E-state index contributed by atoms with van der Waals surface area (Å²) in [6.45, 7) is 3.84. The molecule has 1 aromatic carbocycles. The van der Waals surface area contributed by atoms with Gasteiger partial charge in [-0.25, -0.2) is 9.59 Å². The van der Waals surface area contributed by atoms with Gasteiger partial charge in [0.05, 0.1) is 11.6 Å². The van der Waals surface area contributed by atoms with Crippen molar-refractivity contribution in [1.82, 2.24) is 10.6 Å². The summed E-state index contributed by atoms with van der Waals surface area (Å²) in [5, 5.41) is 15.3. The van der Waals surface area contributed by atoms with E-state index < -0.39 is 12.0 Å². The number of allylic oxidation sites excluding steroid dienone is 1. The molecule has 1 fully saturated rings.